The maximum absolute atomic E-state index is 6.00. The van der Waals surface area contributed by atoms with Gasteiger partial charge in [0.1, 0.15) is 0 Å². The van der Waals surface area contributed by atoms with Gasteiger partial charge in [-0.15, -0.1) is 0 Å². The highest BCUT2D eigenvalue weighted by Crippen LogP contribution is 2.18. The topological polar surface area (TPSA) is 47.1 Å². The van der Waals surface area contributed by atoms with Crippen molar-refractivity contribution in [3.63, 3.8) is 0 Å². The minimum atomic E-state index is 0.328. The van der Waals surface area contributed by atoms with Gasteiger partial charge in [-0.05, 0) is 38.3 Å². The van der Waals surface area contributed by atoms with E-state index in [9.17, 15) is 0 Å². The molecular weight excluding hydrogens is 212 g/mol. The fourth-order valence-corrected chi connectivity index (χ4v) is 2.64. The number of nitrogens with zero attached hydrogens (tertiary/aromatic N) is 3. The van der Waals surface area contributed by atoms with E-state index in [0.29, 0.717) is 12.0 Å². The molecule has 2 unspecified atom stereocenters. The summed E-state index contributed by atoms with van der Waals surface area (Å²) in [5, 5.41) is 4.20. The molecule has 0 bridgehead atoms. The van der Waals surface area contributed by atoms with Crippen molar-refractivity contribution in [3.05, 3.63) is 18.0 Å². The van der Waals surface area contributed by atoms with Crippen LogP contribution < -0.4 is 5.73 Å². The zero-order valence-corrected chi connectivity index (χ0v) is 11.0. The largest absolute Gasteiger partial charge is 0.328 e. The average molecular weight is 236 g/mol. The SMILES string of the molecule is CC(N)C1CCCN(CCc2ccnn2C)C1. The Labute approximate surface area is 104 Å². The molecule has 1 saturated heterocycles. The molecule has 2 atom stereocenters. The molecule has 2 rings (SSSR count). The van der Waals surface area contributed by atoms with Crippen molar-refractivity contribution in [2.45, 2.75) is 32.2 Å². The van der Waals surface area contributed by atoms with Gasteiger partial charge in [-0.2, -0.15) is 5.10 Å². The third-order valence-corrected chi connectivity index (χ3v) is 3.89. The number of hydrogen-bond donors (Lipinski definition) is 1. The van der Waals surface area contributed by atoms with Crippen LogP contribution in [0.25, 0.3) is 0 Å². The number of rotatable bonds is 4. The van der Waals surface area contributed by atoms with E-state index in [1.165, 1.54) is 25.1 Å². The average Bonchev–Trinajstić information content (AvgIpc) is 2.72. The maximum atomic E-state index is 6.00. The summed E-state index contributed by atoms with van der Waals surface area (Å²) in [5.41, 5.74) is 7.32. The predicted molar refractivity (Wildman–Crippen MR) is 69.7 cm³/mol. The van der Waals surface area contributed by atoms with E-state index in [0.717, 1.165) is 19.5 Å². The number of nitrogens with two attached hydrogens (primary N) is 1. The third kappa shape index (κ3) is 3.30. The van der Waals surface area contributed by atoms with E-state index >= 15 is 0 Å². The summed E-state index contributed by atoms with van der Waals surface area (Å²) in [6.45, 7) is 5.65. The van der Waals surface area contributed by atoms with Crippen LogP contribution in [0.1, 0.15) is 25.5 Å². The highest BCUT2D eigenvalue weighted by atomic mass is 15.3. The Morgan fingerprint density at radius 1 is 1.59 bits per heavy atom. The van der Waals surface area contributed by atoms with Gasteiger partial charge in [-0.25, -0.2) is 0 Å². The van der Waals surface area contributed by atoms with Crippen molar-refractivity contribution >= 4 is 0 Å². The van der Waals surface area contributed by atoms with E-state index in [-0.39, 0.29) is 0 Å². The molecule has 4 nitrogen and oxygen atoms in total. The van der Waals surface area contributed by atoms with Crippen molar-refractivity contribution < 1.29 is 0 Å². The monoisotopic (exact) mass is 236 g/mol. The molecule has 1 aliphatic heterocycles. The number of aryl methyl sites for hydroxylation is 1. The van der Waals surface area contributed by atoms with Crippen molar-refractivity contribution in [2.24, 2.45) is 18.7 Å². The minimum Gasteiger partial charge on any atom is -0.328 e. The van der Waals surface area contributed by atoms with Crippen molar-refractivity contribution in [1.82, 2.24) is 14.7 Å². The molecule has 4 heteroatoms. The van der Waals surface area contributed by atoms with Gasteiger partial charge in [-0.3, -0.25) is 4.68 Å². The first kappa shape index (κ1) is 12.6. The molecule has 2 N–H and O–H groups in total. The lowest BCUT2D eigenvalue weighted by Gasteiger charge is -2.34. The fourth-order valence-electron chi connectivity index (χ4n) is 2.64. The van der Waals surface area contributed by atoms with Gasteiger partial charge in [0, 0.05) is 44.5 Å². The van der Waals surface area contributed by atoms with Crippen LogP contribution in [0.15, 0.2) is 12.3 Å². The maximum Gasteiger partial charge on any atom is 0.0492 e. The van der Waals surface area contributed by atoms with Gasteiger partial charge in [0.15, 0.2) is 0 Å². The Balaban J connectivity index is 1.81. The Kier molecular flexibility index (Phi) is 4.18. The first-order chi connectivity index (χ1) is 8.16. The van der Waals surface area contributed by atoms with Crippen LogP contribution in [0.2, 0.25) is 0 Å². The predicted octanol–water partition coefficient (Wildman–Crippen LogP) is 1.02. The third-order valence-electron chi connectivity index (χ3n) is 3.89. The normalized spacial score (nSPS) is 23.8. The molecule has 96 valence electrons. The summed E-state index contributed by atoms with van der Waals surface area (Å²) >= 11 is 0. The van der Waals surface area contributed by atoms with Crippen molar-refractivity contribution in [1.29, 1.82) is 0 Å². The molecule has 1 fully saturated rings. The quantitative estimate of drug-likeness (QED) is 0.849. The molecule has 2 heterocycles. The zero-order chi connectivity index (χ0) is 12.3. The first-order valence-electron chi connectivity index (χ1n) is 6.61. The lowest BCUT2D eigenvalue weighted by molar-refractivity contribution is 0.162. The van der Waals surface area contributed by atoms with E-state index in [2.05, 4.69) is 23.0 Å². The summed E-state index contributed by atoms with van der Waals surface area (Å²) in [4.78, 5) is 2.55. The highest BCUT2D eigenvalue weighted by molar-refractivity contribution is 5.00. The second kappa shape index (κ2) is 5.65. The van der Waals surface area contributed by atoms with Gasteiger partial charge in [0.2, 0.25) is 0 Å². The Morgan fingerprint density at radius 3 is 3.06 bits per heavy atom. The fraction of sp³-hybridized carbons (Fsp3) is 0.769. The van der Waals surface area contributed by atoms with Gasteiger partial charge in [-0.1, -0.05) is 0 Å². The molecule has 0 radical (unpaired) electrons. The van der Waals surface area contributed by atoms with Gasteiger partial charge in [0.25, 0.3) is 0 Å². The molecule has 1 aromatic rings. The van der Waals surface area contributed by atoms with Gasteiger partial charge in [0.05, 0.1) is 0 Å². The van der Waals surface area contributed by atoms with Gasteiger partial charge < -0.3 is 10.6 Å². The molecule has 0 aliphatic carbocycles. The number of piperidine rings is 1. The zero-order valence-electron chi connectivity index (χ0n) is 11.0. The number of aromatic nitrogens is 2. The van der Waals surface area contributed by atoms with Crippen LogP contribution in [0, 0.1) is 5.92 Å². The molecular formula is C13H24N4. The van der Waals surface area contributed by atoms with Crippen LogP contribution in [0.3, 0.4) is 0 Å². The molecule has 0 saturated carbocycles. The molecule has 0 amide bonds. The summed E-state index contributed by atoms with van der Waals surface area (Å²) in [7, 11) is 2.01. The first-order valence-corrected chi connectivity index (χ1v) is 6.61. The van der Waals surface area contributed by atoms with Crippen LogP contribution in [-0.2, 0) is 13.5 Å². The van der Waals surface area contributed by atoms with Crippen molar-refractivity contribution in [2.75, 3.05) is 19.6 Å². The summed E-state index contributed by atoms with van der Waals surface area (Å²) in [5.74, 6) is 0.676. The summed E-state index contributed by atoms with van der Waals surface area (Å²) in [6.07, 6.45) is 5.54. The van der Waals surface area contributed by atoms with E-state index in [4.69, 9.17) is 5.73 Å². The lowest BCUT2D eigenvalue weighted by Crippen LogP contribution is -2.43. The Hall–Kier alpha value is -0.870. The second-order valence-electron chi connectivity index (χ2n) is 5.26. The molecule has 0 spiro atoms. The number of likely N-dealkylation sites (tertiary alicyclic amines) is 1. The van der Waals surface area contributed by atoms with Crippen LogP contribution in [0.4, 0.5) is 0 Å². The molecule has 17 heavy (non-hydrogen) atoms. The summed E-state index contributed by atoms with van der Waals surface area (Å²) < 4.78 is 1.97. The van der Waals surface area contributed by atoms with E-state index < -0.39 is 0 Å². The molecule has 1 aliphatic rings. The van der Waals surface area contributed by atoms with Crippen LogP contribution in [-0.4, -0.2) is 40.4 Å². The Bertz CT molecular complexity index is 345. The minimum absolute atomic E-state index is 0.328. The van der Waals surface area contributed by atoms with Crippen LogP contribution >= 0.6 is 0 Å². The van der Waals surface area contributed by atoms with Crippen molar-refractivity contribution in [3.8, 4) is 0 Å². The number of hydrogen-bond acceptors (Lipinski definition) is 3. The molecule has 0 aromatic carbocycles. The standard InChI is InChI=1S/C13H24N4/c1-11(14)12-4-3-8-17(10-12)9-6-13-5-7-15-16(13)2/h5,7,11-12H,3-4,6,8-10,14H2,1-2H3. The van der Waals surface area contributed by atoms with E-state index in [1.54, 1.807) is 0 Å². The Morgan fingerprint density at radius 2 is 2.41 bits per heavy atom. The summed E-state index contributed by atoms with van der Waals surface area (Å²) in [6, 6.07) is 2.43. The van der Waals surface area contributed by atoms with Crippen LogP contribution in [0.5, 0.6) is 0 Å². The lowest BCUT2D eigenvalue weighted by atomic mass is 9.92. The smallest absolute Gasteiger partial charge is 0.0492 e. The highest BCUT2D eigenvalue weighted by Gasteiger charge is 2.22. The molecule has 1 aromatic heterocycles. The van der Waals surface area contributed by atoms with Gasteiger partial charge >= 0.3 is 0 Å². The van der Waals surface area contributed by atoms with E-state index in [1.807, 2.05) is 17.9 Å². The second-order valence-corrected chi connectivity index (χ2v) is 5.26.